The fraction of sp³-hybridized carbons (Fsp3) is 0.300. The zero-order chi connectivity index (χ0) is 20.8. The predicted octanol–water partition coefficient (Wildman–Crippen LogP) is 2.06. The third kappa shape index (κ3) is 2.71. The number of carbonyl (C=O) groups excluding carboxylic acids is 1. The van der Waals surface area contributed by atoms with Crippen LogP contribution in [0, 0.1) is 0 Å². The number of anilines is 1. The number of amides is 1. The third-order valence-corrected chi connectivity index (χ3v) is 5.41. The Kier molecular flexibility index (Phi) is 4.35. The second kappa shape index (κ2) is 7.06. The van der Waals surface area contributed by atoms with Crippen molar-refractivity contribution in [2.45, 2.75) is 12.2 Å². The molecular formula is C20H20FN7O2. The molecular weight excluding hydrogens is 389 g/mol. The van der Waals surface area contributed by atoms with Crippen molar-refractivity contribution >= 4 is 28.4 Å². The Labute approximate surface area is 170 Å². The number of ether oxygens (including phenoxy) is 1. The van der Waals surface area contributed by atoms with Crippen molar-refractivity contribution in [2.24, 2.45) is 0 Å². The van der Waals surface area contributed by atoms with Gasteiger partial charge in [0, 0.05) is 43.5 Å². The highest BCUT2D eigenvalue weighted by Crippen LogP contribution is 2.35. The number of hydrogen-bond donors (Lipinski definition) is 2. The van der Waals surface area contributed by atoms with Crippen molar-refractivity contribution in [1.82, 2.24) is 29.5 Å². The van der Waals surface area contributed by atoms with E-state index >= 15 is 0 Å². The molecule has 2 unspecified atom stereocenters. The molecule has 154 valence electrons. The predicted molar refractivity (Wildman–Crippen MR) is 109 cm³/mol. The first-order valence-corrected chi connectivity index (χ1v) is 9.58. The number of hydrogen-bond acceptors (Lipinski definition) is 6. The summed E-state index contributed by atoms with van der Waals surface area (Å²) in [7, 11) is 3.33. The van der Waals surface area contributed by atoms with Crippen LogP contribution >= 0.6 is 0 Å². The molecule has 9 nitrogen and oxygen atoms in total. The van der Waals surface area contributed by atoms with Gasteiger partial charge in [-0.25, -0.2) is 14.4 Å². The second-order valence-corrected chi connectivity index (χ2v) is 7.09. The summed E-state index contributed by atoms with van der Waals surface area (Å²) in [5, 5.41) is 10.8. The molecule has 0 radical (unpaired) electrons. The molecule has 0 aliphatic carbocycles. The summed E-state index contributed by atoms with van der Waals surface area (Å²) < 4.78 is 23.1. The topological polar surface area (TPSA) is 98.4 Å². The molecule has 0 bridgehead atoms. The first-order valence-electron chi connectivity index (χ1n) is 9.58. The van der Waals surface area contributed by atoms with Crippen molar-refractivity contribution in [3.05, 3.63) is 42.4 Å². The Balaban J connectivity index is 1.75. The third-order valence-electron chi connectivity index (χ3n) is 5.41. The number of fused-ring (bicyclic) bond motifs is 2. The number of alkyl halides is 1. The van der Waals surface area contributed by atoms with Crippen LogP contribution < -0.4 is 10.6 Å². The summed E-state index contributed by atoms with van der Waals surface area (Å²) in [5.41, 5.74) is 2.88. The molecule has 1 aliphatic rings. The Morgan fingerprint density at radius 2 is 2.17 bits per heavy atom. The molecule has 5 rings (SSSR count). The van der Waals surface area contributed by atoms with E-state index in [4.69, 9.17) is 9.72 Å². The number of aromatic nitrogens is 5. The lowest BCUT2D eigenvalue weighted by Crippen LogP contribution is -2.18. The highest BCUT2D eigenvalue weighted by molar-refractivity contribution is 6.00. The number of carbonyl (C=O) groups is 1. The normalized spacial score (nSPS) is 18.9. The van der Waals surface area contributed by atoms with Gasteiger partial charge in [-0.3, -0.25) is 4.79 Å². The minimum absolute atomic E-state index is 0.0753. The van der Waals surface area contributed by atoms with Crippen molar-refractivity contribution in [3.8, 4) is 11.3 Å². The average molecular weight is 409 g/mol. The van der Waals surface area contributed by atoms with Gasteiger partial charge in [0.25, 0.3) is 5.91 Å². The van der Waals surface area contributed by atoms with E-state index in [9.17, 15) is 9.18 Å². The van der Waals surface area contributed by atoms with E-state index in [1.165, 1.54) is 6.20 Å². The maximum absolute atomic E-state index is 14.4. The Morgan fingerprint density at radius 3 is 2.90 bits per heavy atom. The molecule has 5 heterocycles. The summed E-state index contributed by atoms with van der Waals surface area (Å²) in [4.78, 5) is 21.5. The number of nitrogens with one attached hydrogen (secondary N) is 2. The largest absolute Gasteiger partial charge is 0.376 e. The van der Waals surface area contributed by atoms with Crippen LogP contribution in [0.2, 0.25) is 0 Å². The minimum Gasteiger partial charge on any atom is -0.376 e. The van der Waals surface area contributed by atoms with Gasteiger partial charge in [0.15, 0.2) is 5.65 Å². The number of halogens is 1. The number of pyridine rings is 1. The highest BCUT2D eigenvalue weighted by atomic mass is 19.1. The van der Waals surface area contributed by atoms with Gasteiger partial charge in [0.1, 0.15) is 23.2 Å². The van der Waals surface area contributed by atoms with E-state index in [1.54, 1.807) is 24.8 Å². The van der Waals surface area contributed by atoms with Crippen LogP contribution in [0.15, 0.2) is 36.8 Å². The molecule has 0 aromatic carbocycles. The maximum atomic E-state index is 14.4. The Hall–Kier alpha value is -3.53. The van der Waals surface area contributed by atoms with Crippen molar-refractivity contribution in [1.29, 1.82) is 0 Å². The van der Waals surface area contributed by atoms with E-state index in [2.05, 4.69) is 20.7 Å². The summed E-state index contributed by atoms with van der Waals surface area (Å²) in [6.07, 6.45) is 3.92. The Bertz CT molecular complexity index is 1260. The van der Waals surface area contributed by atoms with E-state index in [-0.39, 0.29) is 12.5 Å². The molecule has 1 aliphatic heterocycles. The zero-order valence-corrected chi connectivity index (χ0v) is 16.5. The van der Waals surface area contributed by atoms with E-state index in [1.807, 2.05) is 29.0 Å². The average Bonchev–Trinajstić information content (AvgIpc) is 3.48. The molecule has 4 aromatic rings. The SMILES string of the molecule is CNC(=O)c1cnn2c(NC)cc(-c3cn(C4COCC4F)c4ncccc34)nc12. The van der Waals surface area contributed by atoms with Crippen LogP contribution in [0.5, 0.6) is 0 Å². The van der Waals surface area contributed by atoms with Gasteiger partial charge in [0.2, 0.25) is 0 Å². The van der Waals surface area contributed by atoms with Crippen LogP contribution in [0.4, 0.5) is 10.2 Å². The van der Waals surface area contributed by atoms with Gasteiger partial charge < -0.3 is 19.9 Å². The molecule has 2 N–H and O–H groups in total. The van der Waals surface area contributed by atoms with Gasteiger partial charge in [-0.2, -0.15) is 9.61 Å². The second-order valence-electron chi connectivity index (χ2n) is 7.09. The van der Waals surface area contributed by atoms with Gasteiger partial charge in [-0.1, -0.05) is 0 Å². The number of nitrogens with zero attached hydrogens (tertiary/aromatic N) is 5. The van der Waals surface area contributed by atoms with Gasteiger partial charge in [-0.15, -0.1) is 0 Å². The highest BCUT2D eigenvalue weighted by Gasteiger charge is 2.31. The molecule has 1 fully saturated rings. The molecule has 2 atom stereocenters. The standard InChI is InChI=1S/C20H20FN7O2/c1-22-17-6-15(26-19-12(20(29)23-2)7-25-28(17)19)13-8-27(16-10-30-9-14(16)21)18-11(13)4-3-5-24-18/h3-8,14,16,22H,9-10H2,1-2H3,(H,23,29). The molecule has 30 heavy (non-hydrogen) atoms. The van der Waals surface area contributed by atoms with Crippen LogP contribution in [0.1, 0.15) is 16.4 Å². The van der Waals surface area contributed by atoms with Crippen molar-refractivity contribution in [3.63, 3.8) is 0 Å². The monoisotopic (exact) mass is 409 g/mol. The Morgan fingerprint density at radius 1 is 1.30 bits per heavy atom. The zero-order valence-electron chi connectivity index (χ0n) is 16.5. The fourth-order valence-electron chi connectivity index (χ4n) is 3.88. The number of rotatable bonds is 4. The summed E-state index contributed by atoms with van der Waals surface area (Å²) in [5.74, 6) is 0.395. The lowest BCUT2D eigenvalue weighted by atomic mass is 10.1. The summed E-state index contributed by atoms with van der Waals surface area (Å²) >= 11 is 0. The summed E-state index contributed by atoms with van der Waals surface area (Å²) in [6.45, 7) is 0.366. The van der Waals surface area contributed by atoms with Crippen LogP contribution in [-0.4, -0.2) is 63.5 Å². The van der Waals surface area contributed by atoms with E-state index in [0.29, 0.717) is 35.0 Å². The van der Waals surface area contributed by atoms with Crippen LogP contribution in [0.3, 0.4) is 0 Å². The first kappa shape index (κ1) is 18.5. The molecule has 0 spiro atoms. The fourth-order valence-corrected chi connectivity index (χ4v) is 3.88. The van der Waals surface area contributed by atoms with E-state index in [0.717, 1.165) is 10.9 Å². The smallest absolute Gasteiger partial charge is 0.256 e. The minimum atomic E-state index is -1.10. The van der Waals surface area contributed by atoms with Gasteiger partial charge >= 0.3 is 0 Å². The molecule has 0 saturated carbocycles. The molecule has 4 aromatic heterocycles. The van der Waals surface area contributed by atoms with Gasteiger partial charge in [-0.05, 0) is 12.1 Å². The summed E-state index contributed by atoms with van der Waals surface area (Å²) in [6, 6.07) is 5.16. The van der Waals surface area contributed by atoms with Crippen LogP contribution in [0.25, 0.3) is 27.9 Å². The van der Waals surface area contributed by atoms with Crippen molar-refractivity contribution < 1.29 is 13.9 Å². The van der Waals surface area contributed by atoms with Crippen molar-refractivity contribution in [2.75, 3.05) is 32.6 Å². The molecule has 10 heteroatoms. The first-order chi connectivity index (χ1) is 14.6. The molecule has 1 saturated heterocycles. The van der Waals surface area contributed by atoms with Gasteiger partial charge in [0.05, 0.1) is 31.1 Å². The van der Waals surface area contributed by atoms with E-state index < -0.39 is 12.2 Å². The quantitative estimate of drug-likeness (QED) is 0.535. The van der Waals surface area contributed by atoms with Crippen LogP contribution in [-0.2, 0) is 4.74 Å². The maximum Gasteiger partial charge on any atom is 0.256 e. The lowest BCUT2D eigenvalue weighted by molar-refractivity contribution is 0.0964. The molecule has 1 amide bonds. The lowest BCUT2D eigenvalue weighted by Gasteiger charge is -2.13.